The molecular formula is C18H16ClN3O3S. The highest BCUT2D eigenvalue weighted by atomic mass is 35.5. The molecule has 0 aliphatic heterocycles. The zero-order valence-corrected chi connectivity index (χ0v) is 15.4. The van der Waals surface area contributed by atoms with E-state index in [-0.39, 0.29) is 23.5 Å². The summed E-state index contributed by atoms with van der Waals surface area (Å²) in [6, 6.07) is 4.37. The molecule has 0 unspecified atom stereocenters. The second-order valence-corrected chi connectivity index (χ2v) is 7.80. The van der Waals surface area contributed by atoms with Crippen LogP contribution < -0.4 is 10.9 Å². The summed E-state index contributed by atoms with van der Waals surface area (Å²) in [5.74, 6) is -0.523. The number of hydrogen-bond donors (Lipinski definition) is 2. The van der Waals surface area contributed by atoms with Crippen molar-refractivity contribution in [1.29, 1.82) is 0 Å². The molecule has 6 nitrogen and oxygen atoms in total. The molecule has 0 radical (unpaired) electrons. The van der Waals surface area contributed by atoms with E-state index < -0.39 is 5.91 Å². The quantitative estimate of drug-likeness (QED) is 0.673. The molecule has 3 aromatic rings. The normalized spacial score (nSPS) is 13.6. The molecule has 134 valence electrons. The molecule has 2 aromatic heterocycles. The molecule has 0 saturated heterocycles. The van der Waals surface area contributed by atoms with E-state index in [2.05, 4.69) is 10.3 Å². The van der Waals surface area contributed by atoms with E-state index in [1.807, 2.05) is 0 Å². The van der Waals surface area contributed by atoms with Gasteiger partial charge in [0, 0.05) is 9.90 Å². The Morgan fingerprint density at radius 3 is 3.00 bits per heavy atom. The van der Waals surface area contributed by atoms with Crippen LogP contribution in [0.25, 0.3) is 10.2 Å². The van der Waals surface area contributed by atoms with Gasteiger partial charge in [-0.1, -0.05) is 11.6 Å². The van der Waals surface area contributed by atoms with Gasteiger partial charge in [-0.2, -0.15) is 0 Å². The van der Waals surface area contributed by atoms with Gasteiger partial charge in [-0.15, -0.1) is 11.3 Å². The zero-order valence-electron chi connectivity index (χ0n) is 13.8. The third-order valence-corrected chi connectivity index (χ3v) is 5.92. The largest absolute Gasteiger partial charge is 0.506 e. The number of rotatable bonds is 3. The SMILES string of the molecule is O=C(Cn1cnc2sc3c(c2c1=O)CCCC3)Nc1cc(Cl)ccc1O. The van der Waals surface area contributed by atoms with Gasteiger partial charge < -0.3 is 10.4 Å². The summed E-state index contributed by atoms with van der Waals surface area (Å²) in [6.45, 7) is -0.182. The number of benzene rings is 1. The van der Waals surface area contributed by atoms with E-state index >= 15 is 0 Å². The van der Waals surface area contributed by atoms with E-state index in [1.54, 1.807) is 11.3 Å². The summed E-state index contributed by atoms with van der Waals surface area (Å²) in [6.07, 6.45) is 5.49. The maximum absolute atomic E-state index is 12.8. The molecule has 0 bridgehead atoms. The third-order valence-electron chi connectivity index (χ3n) is 4.49. The van der Waals surface area contributed by atoms with Crippen LogP contribution in [0.3, 0.4) is 0 Å². The Balaban J connectivity index is 1.63. The molecule has 2 heterocycles. The van der Waals surface area contributed by atoms with Gasteiger partial charge in [0.2, 0.25) is 5.91 Å². The van der Waals surface area contributed by atoms with E-state index in [0.29, 0.717) is 10.4 Å². The minimum absolute atomic E-state index is 0.0874. The molecule has 1 aliphatic rings. The summed E-state index contributed by atoms with van der Waals surface area (Å²) in [7, 11) is 0. The van der Waals surface area contributed by atoms with Crippen molar-refractivity contribution in [2.24, 2.45) is 0 Å². The van der Waals surface area contributed by atoms with Crippen LogP contribution in [0.1, 0.15) is 23.3 Å². The lowest BCUT2D eigenvalue weighted by molar-refractivity contribution is -0.116. The Bertz CT molecular complexity index is 1070. The van der Waals surface area contributed by atoms with E-state index in [4.69, 9.17) is 11.6 Å². The highest BCUT2D eigenvalue weighted by molar-refractivity contribution is 7.18. The Kier molecular flexibility index (Phi) is 4.42. The average Bonchev–Trinajstić information content (AvgIpc) is 3.00. The number of carbonyl (C=O) groups is 1. The lowest BCUT2D eigenvalue weighted by Gasteiger charge is -2.11. The van der Waals surface area contributed by atoms with E-state index in [1.165, 1.54) is 34.0 Å². The molecule has 1 aromatic carbocycles. The predicted molar refractivity (Wildman–Crippen MR) is 102 cm³/mol. The van der Waals surface area contributed by atoms with Crippen LogP contribution in [-0.2, 0) is 24.2 Å². The number of phenols is 1. The van der Waals surface area contributed by atoms with Crippen LogP contribution in [0, 0.1) is 0 Å². The third kappa shape index (κ3) is 3.08. The van der Waals surface area contributed by atoms with Crippen molar-refractivity contribution in [3.63, 3.8) is 0 Å². The highest BCUT2D eigenvalue weighted by Crippen LogP contribution is 2.33. The Morgan fingerprint density at radius 1 is 1.35 bits per heavy atom. The molecule has 2 N–H and O–H groups in total. The number of aromatic hydroxyl groups is 1. The van der Waals surface area contributed by atoms with Crippen molar-refractivity contribution in [2.45, 2.75) is 32.2 Å². The Morgan fingerprint density at radius 2 is 2.15 bits per heavy atom. The van der Waals surface area contributed by atoms with Crippen molar-refractivity contribution < 1.29 is 9.90 Å². The lowest BCUT2D eigenvalue weighted by Crippen LogP contribution is -2.28. The molecule has 0 saturated carbocycles. The monoisotopic (exact) mass is 389 g/mol. The van der Waals surface area contributed by atoms with Crippen molar-refractivity contribution >= 4 is 44.7 Å². The molecule has 8 heteroatoms. The van der Waals surface area contributed by atoms with Crippen molar-refractivity contribution in [3.8, 4) is 5.75 Å². The van der Waals surface area contributed by atoms with E-state index in [0.717, 1.165) is 36.1 Å². The first-order valence-corrected chi connectivity index (χ1v) is 9.50. The van der Waals surface area contributed by atoms with Gasteiger partial charge in [0.25, 0.3) is 5.56 Å². The Labute approximate surface area is 158 Å². The maximum Gasteiger partial charge on any atom is 0.262 e. The van der Waals surface area contributed by atoms with Crippen LogP contribution in [0.15, 0.2) is 29.3 Å². The standard InChI is InChI=1S/C18H16ClN3O3S/c19-10-5-6-13(23)12(7-10)21-15(24)8-22-9-20-17-16(18(22)25)11-3-1-2-4-14(11)26-17/h5-7,9,23H,1-4,8H2,(H,21,24). The number of nitrogens with zero attached hydrogens (tertiary/aromatic N) is 2. The van der Waals surface area contributed by atoms with Crippen molar-refractivity contribution in [1.82, 2.24) is 9.55 Å². The molecule has 1 aliphatic carbocycles. The number of anilines is 1. The number of hydrogen-bond acceptors (Lipinski definition) is 5. The molecule has 0 spiro atoms. The predicted octanol–water partition coefficient (Wildman–Crippen LogP) is 3.33. The smallest absolute Gasteiger partial charge is 0.262 e. The lowest BCUT2D eigenvalue weighted by atomic mass is 9.97. The average molecular weight is 390 g/mol. The van der Waals surface area contributed by atoms with Crippen LogP contribution in [0.2, 0.25) is 5.02 Å². The molecule has 0 atom stereocenters. The fraction of sp³-hybridized carbons (Fsp3) is 0.278. The van der Waals surface area contributed by atoms with Crippen LogP contribution >= 0.6 is 22.9 Å². The number of phenolic OH excluding ortho intramolecular Hbond substituents is 1. The number of aryl methyl sites for hydroxylation is 2. The number of fused-ring (bicyclic) bond motifs is 3. The van der Waals surface area contributed by atoms with Crippen LogP contribution in [0.5, 0.6) is 5.75 Å². The summed E-state index contributed by atoms with van der Waals surface area (Å²) in [5.41, 5.74) is 1.10. The van der Waals surface area contributed by atoms with Gasteiger partial charge >= 0.3 is 0 Å². The molecule has 26 heavy (non-hydrogen) atoms. The van der Waals surface area contributed by atoms with Gasteiger partial charge in [0.15, 0.2) is 0 Å². The van der Waals surface area contributed by atoms with Crippen molar-refractivity contribution in [2.75, 3.05) is 5.32 Å². The minimum atomic E-state index is -0.435. The zero-order chi connectivity index (χ0) is 18.3. The fourth-order valence-corrected chi connectivity index (χ4v) is 4.64. The molecule has 1 amide bonds. The summed E-state index contributed by atoms with van der Waals surface area (Å²) in [5, 5.41) is 13.4. The van der Waals surface area contributed by atoms with Crippen molar-refractivity contribution in [3.05, 3.63) is 50.3 Å². The van der Waals surface area contributed by atoms with Crippen LogP contribution in [0.4, 0.5) is 5.69 Å². The first kappa shape index (κ1) is 17.1. The van der Waals surface area contributed by atoms with E-state index in [9.17, 15) is 14.7 Å². The number of carbonyl (C=O) groups excluding carboxylic acids is 1. The summed E-state index contributed by atoms with van der Waals surface area (Å²) in [4.78, 5) is 31.5. The number of thiophene rings is 1. The topological polar surface area (TPSA) is 84.2 Å². The second kappa shape index (κ2) is 6.74. The Hall–Kier alpha value is -2.38. The fourth-order valence-electron chi connectivity index (χ4n) is 3.25. The molecular weight excluding hydrogens is 374 g/mol. The van der Waals surface area contributed by atoms with Gasteiger partial charge in [0.05, 0.1) is 17.4 Å². The first-order valence-electron chi connectivity index (χ1n) is 8.31. The number of halogens is 1. The summed E-state index contributed by atoms with van der Waals surface area (Å²) < 4.78 is 1.31. The summed E-state index contributed by atoms with van der Waals surface area (Å²) >= 11 is 7.45. The van der Waals surface area contributed by atoms with Gasteiger partial charge in [-0.3, -0.25) is 14.2 Å². The highest BCUT2D eigenvalue weighted by Gasteiger charge is 2.20. The number of amides is 1. The van der Waals surface area contributed by atoms with Gasteiger partial charge in [-0.05, 0) is 49.4 Å². The maximum atomic E-state index is 12.8. The molecule has 4 rings (SSSR count). The van der Waals surface area contributed by atoms with Gasteiger partial charge in [0.1, 0.15) is 17.1 Å². The van der Waals surface area contributed by atoms with Crippen LogP contribution in [-0.4, -0.2) is 20.6 Å². The second-order valence-electron chi connectivity index (χ2n) is 6.28. The first-order chi connectivity index (χ1) is 12.5. The number of aromatic nitrogens is 2. The minimum Gasteiger partial charge on any atom is -0.506 e. The van der Waals surface area contributed by atoms with Gasteiger partial charge in [-0.25, -0.2) is 4.98 Å². The number of nitrogens with one attached hydrogen (secondary N) is 1. The molecule has 0 fully saturated rings.